The zero-order chi connectivity index (χ0) is 15.8. The van der Waals surface area contributed by atoms with Crippen molar-refractivity contribution in [2.24, 2.45) is 0 Å². The number of thiazole rings is 1. The number of aryl methyl sites for hydroxylation is 1. The molecule has 1 atom stereocenters. The van der Waals surface area contributed by atoms with Crippen LogP contribution in [0.2, 0.25) is 0 Å². The highest BCUT2D eigenvalue weighted by Crippen LogP contribution is 2.31. The van der Waals surface area contributed by atoms with Gasteiger partial charge < -0.3 is 4.74 Å². The van der Waals surface area contributed by atoms with Gasteiger partial charge in [-0.1, -0.05) is 0 Å². The molecule has 7 nitrogen and oxygen atoms in total. The van der Waals surface area contributed by atoms with Crippen LogP contribution in [-0.4, -0.2) is 43.7 Å². The molecule has 1 aromatic heterocycles. The SMILES string of the molecule is CCOC(=O)c1nc(N2CC(S(=O)(=O)Cl)CC2=O)sc1C. The lowest BCUT2D eigenvalue weighted by atomic mass is 10.4. The van der Waals surface area contributed by atoms with Crippen LogP contribution in [0.4, 0.5) is 5.13 Å². The van der Waals surface area contributed by atoms with Crippen molar-refractivity contribution in [3.05, 3.63) is 10.6 Å². The fourth-order valence-corrected chi connectivity index (χ4v) is 3.88. The van der Waals surface area contributed by atoms with E-state index < -0.39 is 20.3 Å². The minimum Gasteiger partial charge on any atom is -0.461 e. The van der Waals surface area contributed by atoms with Crippen LogP contribution in [0.25, 0.3) is 0 Å². The zero-order valence-electron chi connectivity index (χ0n) is 11.3. The third-order valence-electron chi connectivity index (χ3n) is 2.97. The Hall–Kier alpha value is -1.19. The number of anilines is 1. The predicted molar refractivity (Wildman–Crippen MR) is 78.3 cm³/mol. The average Bonchev–Trinajstić information content (AvgIpc) is 2.92. The molecule has 0 radical (unpaired) electrons. The Bertz CT molecular complexity index is 685. The molecule has 1 aliphatic heterocycles. The zero-order valence-corrected chi connectivity index (χ0v) is 13.7. The molecule has 1 amide bonds. The van der Waals surface area contributed by atoms with Crippen LogP contribution in [0.5, 0.6) is 0 Å². The van der Waals surface area contributed by atoms with E-state index in [2.05, 4.69) is 4.98 Å². The molecule has 10 heteroatoms. The van der Waals surface area contributed by atoms with Gasteiger partial charge in [0.1, 0.15) is 5.25 Å². The van der Waals surface area contributed by atoms with Crippen LogP contribution in [0, 0.1) is 6.92 Å². The molecular weight excluding hydrogens is 340 g/mol. The van der Waals surface area contributed by atoms with Gasteiger partial charge in [-0.05, 0) is 13.8 Å². The van der Waals surface area contributed by atoms with Crippen LogP contribution in [-0.2, 0) is 18.6 Å². The standard InChI is InChI=1S/C11H13ClN2O5S2/c1-3-19-10(16)9-6(2)20-11(13-9)14-5-7(4-8(14)15)21(12,17)18/h7H,3-5H2,1-2H3. The smallest absolute Gasteiger partial charge is 0.358 e. The maximum Gasteiger partial charge on any atom is 0.358 e. The fourth-order valence-electron chi connectivity index (χ4n) is 1.94. The first-order valence-corrected chi connectivity index (χ1v) is 9.31. The van der Waals surface area contributed by atoms with E-state index in [0.29, 0.717) is 4.88 Å². The molecule has 116 valence electrons. The topological polar surface area (TPSA) is 93.6 Å². The number of carbonyl (C=O) groups excluding carboxylic acids is 2. The molecule has 0 spiro atoms. The predicted octanol–water partition coefficient (Wildman–Crippen LogP) is 1.30. The lowest BCUT2D eigenvalue weighted by molar-refractivity contribution is -0.117. The number of aromatic nitrogens is 1. The number of ether oxygens (including phenoxy) is 1. The Morgan fingerprint density at radius 3 is 2.76 bits per heavy atom. The van der Waals surface area contributed by atoms with Gasteiger partial charge in [0.15, 0.2) is 10.8 Å². The van der Waals surface area contributed by atoms with Crippen molar-refractivity contribution < 1.29 is 22.7 Å². The van der Waals surface area contributed by atoms with Gasteiger partial charge in [0.2, 0.25) is 15.0 Å². The molecule has 0 aliphatic carbocycles. The third-order valence-corrected chi connectivity index (χ3v) is 5.83. The van der Waals surface area contributed by atoms with Crippen molar-refractivity contribution in [3.63, 3.8) is 0 Å². The Morgan fingerprint density at radius 1 is 1.57 bits per heavy atom. The summed E-state index contributed by atoms with van der Waals surface area (Å²) in [5, 5.41) is -0.676. The number of amides is 1. The molecule has 1 saturated heterocycles. The van der Waals surface area contributed by atoms with E-state index in [1.54, 1.807) is 13.8 Å². The first-order chi connectivity index (χ1) is 9.74. The third kappa shape index (κ3) is 3.35. The Morgan fingerprint density at radius 2 is 2.24 bits per heavy atom. The van der Waals surface area contributed by atoms with Crippen molar-refractivity contribution in [2.45, 2.75) is 25.5 Å². The van der Waals surface area contributed by atoms with E-state index in [-0.39, 0.29) is 36.3 Å². The van der Waals surface area contributed by atoms with E-state index >= 15 is 0 Å². The van der Waals surface area contributed by atoms with E-state index in [4.69, 9.17) is 15.4 Å². The summed E-state index contributed by atoms with van der Waals surface area (Å²) in [6, 6.07) is 0. The van der Waals surface area contributed by atoms with Crippen LogP contribution in [0.15, 0.2) is 0 Å². The Balaban J connectivity index is 2.26. The molecule has 0 saturated carbocycles. The summed E-state index contributed by atoms with van der Waals surface area (Å²) >= 11 is 1.14. The average molecular weight is 353 g/mol. The fraction of sp³-hybridized carbons (Fsp3) is 0.545. The number of nitrogens with zero attached hydrogens (tertiary/aromatic N) is 2. The van der Waals surface area contributed by atoms with E-state index in [1.807, 2.05) is 0 Å². The quantitative estimate of drug-likeness (QED) is 0.599. The summed E-state index contributed by atoms with van der Waals surface area (Å²) in [5.74, 6) is -0.945. The van der Waals surface area contributed by atoms with Gasteiger partial charge in [-0.25, -0.2) is 18.2 Å². The second kappa shape index (κ2) is 5.90. The molecule has 1 fully saturated rings. The van der Waals surface area contributed by atoms with Gasteiger partial charge in [-0.3, -0.25) is 9.69 Å². The van der Waals surface area contributed by atoms with Crippen molar-refractivity contribution in [3.8, 4) is 0 Å². The number of carbonyl (C=O) groups is 2. The van der Waals surface area contributed by atoms with Crippen LogP contribution in [0.1, 0.15) is 28.7 Å². The molecule has 0 aromatic carbocycles. The van der Waals surface area contributed by atoms with Crippen molar-refractivity contribution >= 4 is 48.1 Å². The number of hydrogen-bond donors (Lipinski definition) is 0. The van der Waals surface area contributed by atoms with Gasteiger partial charge in [0.05, 0.1) is 6.61 Å². The largest absolute Gasteiger partial charge is 0.461 e. The summed E-state index contributed by atoms with van der Waals surface area (Å²) < 4.78 is 27.5. The Labute approximate surface area is 130 Å². The Kier molecular flexibility index (Phi) is 4.54. The molecule has 0 bridgehead atoms. The molecule has 21 heavy (non-hydrogen) atoms. The lowest BCUT2D eigenvalue weighted by Gasteiger charge is -2.11. The maximum absolute atomic E-state index is 11.9. The summed E-state index contributed by atoms with van der Waals surface area (Å²) in [7, 11) is 1.48. The number of esters is 1. The van der Waals surface area contributed by atoms with Gasteiger partial charge in [-0.15, -0.1) is 11.3 Å². The van der Waals surface area contributed by atoms with Crippen molar-refractivity contribution in [1.29, 1.82) is 0 Å². The van der Waals surface area contributed by atoms with Crippen LogP contribution < -0.4 is 4.90 Å². The first-order valence-electron chi connectivity index (χ1n) is 6.12. The van der Waals surface area contributed by atoms with Crippen LogP contribution >= 0.6 is 22.0 Å². The highest BCUT2D eigenvalue weighted by molar-refractivity contribution is 8.14. The molecule has 0 N–H and O–H groups in total. The van der Waals surface area contributed by atoms with Gasteiger partial charge in [0.25, 0.3) is 0 Å². The summed E-state index contributed by atoms with van der Waals surface area (Å²) in [4.78, 5) is 29.5. The minimum absolute atomic E-state index is 0.0557. The molecule has 1 aliphatic rings. The monoisotopic (exact) mass is 352 g/mol. The second-order valence-electron chi connectivity index (χ2n) is 4.43. The molecule has 1 unspecified atom stereocenters. The highest BCUT2D eigenvalue weighted by atomic mass is 35.7. The highest BCUT2D eigenvalue weighted by Gasteiger charge is 2.39. The molecule has 2 heterocycles. The summed E-state index contributed by atoms with van der Waals surface area (Å²) in [6.07, 6.45) is -0.181. The number of rotatable bonds is 4. The van der Waals surface area contributed by atoms with Gasteiger partial charge >= 0.3 is 5.97 Å². The number of halogens is 1. The molecular formula is C11H13ClN2O5S2. The summed E-state index contributed by atoms with van der Waals surface area (Å²) in [6.45, 7) is 3.53. The van der Waals surface area contributed by atoms with E-state index in [9.17, 15) is 18.0 Å². The maximum atomic E-state index is 11.9. The van der Waals surface area contributed by atoms with Gasteiger partial charge in [-0.2, -0.15) is 0 Å². The van der Waals surface area contributed by atoms with Gasteiger partial charge in [0, 0.05) is 28.5 Å². The van der Waals surface area contributed by atoms with E-state index in [0.717, 1.165) is 11.3 Å². The summed E-state index contributed by atoms with van der Waals surface area (Å²) in [5.41, 5.74) is 0.141. The molecule has 2 rings (SSSR count). The van der Waals surface area contributed by atoms with Crippen molar-refractivity contribution in [1.82, 2.24) is 4.98 Å². The number of hydrogen-bond acceptors (Lipinski definition) is 7. The normalized spacial score (nSPS) is 19.1. The first kappa shape index (κ1) is 16.2. The minimum atomic E-state index is -3.81. The lowest BCUT2D eigenvalue weighted by Crippen LogP contribution is -2.26. The molecule has 1 aromatic rings. The van der Waals surface area contributed by atoms with Crippen LogP contribution in [0.3, 0.4) is 0 Å². The van der Waals surface area contributed by atoms with Crippen molar-refractivity contribution in [2.75, 3.05) is 18.1 Å². The second-order valence-corrected chi connectivity index (χ2v) is 8.52. The van der Waals surface area contributed by atoms with E-state index in [1.165, 1.54) is 4.90 Å².